The van der Waals surface area contributed by atoms with Gasteiger partial charge in [-0.2, -0.15) is 5.10 Å². The first kappa shape index (κ1) is 20.2. The van der Waals surface area contributed by atoms with Crippen LogP contribution in [0.3, 0.4) is 0 Å². The predicted octanol–water partition coefficient (Wildman–Crippen LogP) is 1.75. The lowest BCUT2D eigenvalue weighted by Gasteiger charge is -2.28. The summed E-state index contributed by atoms with van der Waals surface area (Å²) in [6.45, 7) is 4.86. The van der Waals surface area contributed by atoms with Crippen LogP contribution in [0.2, 0.25) is 0 Å². The summed E-state index contributed by atoms with van der Waals surface area (Å²) in [6, 6.07) is 3.75. The quantitative estimate of drug-likeness (QED) is 0.633. The van der Waals surface area contributed by atoms with Gasteiger partial charge in [0, 0.05) is 57.3 Å². The number of H-pyrrole nitrogens is 1. The van der Waals surface area contributed by atoms with Crippen LogP contribution in [0.5, 0.6) is 0 Å². The fraction of sp³-hybridized carbons (Fsp3) is 0.350. The van der Waals surface area contributed by atoms with E-state index in [0.717, 1.165) is 39.4 Å². The van der Waals surface area contributed by atoms with Crippen LogP contribution < -0.4 is 10.6 Å². The smallest absolute Gasteiger partial charge is 0.159 e. The molecule has 1 saturated heterocycles. The monoisotopic (exact) mass is 415 g/mol. The van der Waals surface area contributed by atoms with Crippen LogP contribution in [-0.4, -0.2) is 71.5 Å². The third-order valence-electron chi connectivity index (χ3n) is 5.12. The van der Waals surface area contributed by atoms with E-state index in [1.54, 1.807) is 0 Å². The van der Waals surface area contributed by atoms with E-state index in [9.17, 15) is 8.78 Å². The molecule has 4 heterocycles. The van der Waals surface area contributed by atoms with E-state index in [1.165, 1.54) is 30.6 Å². The molecular weight excluding hydrogens is 392 g/mol. The summed E-state index contributed by atoms with van der Waals surface area (Å²) >= 11 is 0. The number of nitrogens with zero attached hydrogens (tertiary/aromatic N) is 5. The molecule has 10 heteroatoms. The second kappa shape index (κ2) is 8.72. The first-order valence-electron chi connectivity index (χ1n) is 9.67. The minimum atomic E-state index is -0.588. The van der Waals surface area contributed by atoms with Gasteiger partial charge in [0.15, 0.2) is 17.3 Å². The summed E-state index contributed by atoms with van der Waals surface area (Å²) in [5.41, 5.74) is 6.48. The highest BCUT2D eigenvalue weighted by Crippen LogP contribution is 2.28. The fourth-order valence-electron chi connectivity index (χ4n) is 3.45. The summed E-state index contributed by atoms with van der Waals surface area (Å²) in [7, 11) is 1.91. The largest absolute Gasteiger partial charge is 0.404 e. The van der Waals surface area contributed by atoms with E-state index >= 15 is 0 Å². The first-order valence-corrected chi connectivity index (χ1v) is 9.67. The van der Waals surface area contributed by atoms with Gasteiger partial charge in [0.25, 0.3) is 0 Å². The lowest BCUT2D eigenvalue weighted by atomic mass is 10.1. The second-order valence-electron chi connectivity index (χ2n) is 7.08. The number of pyridine rings is 2. The molecule has 0 aromatic carbocycles. The molecule has 0 saturated carbocycles. The number of ether oxygens (including phenoxy) is 1. The normalized spacial score (nSPS) is 15.6. The van der Waals surface area contributed by atoms with Crippen LogP contribution in [0, 0.1) is 11.6 Å². The van der Waals surface area contributed by atoms with Gasteiger partial charge in [-0.05, 0) is 12.1 Å². The summed E-state index contributed by atoms with van der Waals surface area (Å²) in [6.07, 6.45) is 2.47. The van der Waals surface area contributed by atoms with Crippen LogP contribution >= 0.6 is 0 Å². The number of anilines is 1. The van der Waals surface area contributed by atoms with Crippen molar-refractivity contribution in [3.8, 4) is 0 Å². The van der Waals surface area contributed by atoms with Crippen molar-refractivity contribution < 1.29 is 13.5 Å². The van der Waals surface area contributed by atoms with E-state index < -0.39 is 11.6 Å². The number of halogens is 2. The number of morpholine rings is 1. The van der Waals surface area contributed by atoms with Crippen molar-refractivity contribution in [2.24, 2.45) is 5.73 Å². The molecule has 3 aromatic rings. The van der Waals surface area contributed by atoms with E-state index in [-0.39, 0.29) is 17.0 Å². The Morgan fingerprint density at radius 2 is 2.13 bits per heavy atom. The van der Waals surface area contributed by atoms with Gasteiger partial charge in [0.05, 0.1) is 24.3 Å². The molecule has 4 rings (SSSR count). The molecule has 0 spiro atoms. The van der Waals surface area contributed by atoms with Crippen LogP contribution in [0.4, 0.5) is 14.6 Å². The zero-order valence-corrected chi connectivity index (χ0v) is 16.6. The van der Waals surface area contributed by atoms with E-state index in [2.05, 4.69) is 25.1 Å². The summed E-state index contributed by atoms with van der Waals surface area (Å²) in [5.74, 6) is -0.473. The van der Waals surface area contributed by atoms with Gasteiger partial charge in [-0.15, -0.1) is 0 Å². The van der Waals surface area contributed by atoms with Crippen LogP contribution in [0.15, 0.2) is 30.6 Å². The van der Waals surface area contributed by atoms with E-state index in [0.29, 0.717) is 16.9 Å². The molecule has 8 nitrogen and oxygen atoms in total. The Labute approximate surface area is 172 Å². The molecule has 0 aliphatic carbocycles. The number of hydrogen-bond donors (Lipinski definition) is 2. The van der Waals surface area contributed by atoms with Gasteiger partial charge < -0.3 is 15.4 Å². The maximum Gasteiger partial charge on any atom is 0.159 e. The Kier molecular flexibility index (Phi) is 5.86. The van der Waals surface area contributed by atoms with Crippen molar-refractivity contribution >= 4 is 22.4 Å². The topological polar surface area (TPSA) is 96.2 Å². The van der Waals surface area contributed by atoms with Gasteiger partial charge in [-0.25, -0.2) is 13.8 Å². The lowest BCUT2D eigenvalue weighted by molar-refractivity contribution is 0.0393. The highest BCUT2D eigenvalue weighted by atomic mass is 19.1. The molecule has 0 amide bonds. The Hall–Kier alpha value is -3.11. The predicted molar refractivity (Wildman–Crippen MR) is 110 cm³/mol. The number of aromatic nitrogens is 4. The van der Waals surface area contributed by atoms with Crippen molar-refractivity contribution in [3.05, 3.63) is 53.6 Å². The molecule has 0 radical (unpaired) electrons. The summed E-state index contributed by atoms with van der Waals surface area (Å²) in [4.78, 5) is 12.7. The molecule has 3 N–H and O–H groups in total. The second-order valence-corrected chi connectivity index (χ2v) is 7.08. The van der Waals surface area contributed by atoms with Crippen LogP contribution in [0.1, 0.15) is 11.4 Å². The summed E-state index contributed by atoms with van der Waals surface area (Å²) < 4.78 is 33.9. The number of rotatable bonds is 6. The third-order valence-corrected chi connectivity index (χ3v) is 5.12. The minimum Gasteiger partial charge on any atom is -0.404 e. The highest BCUT2D eigenvalue weighted by molar-refractivity contribution is 5.90. The van der Waals surface area contributed by atoms with Crippen molar-refractivity contribution in [2.45, 2.75) is 0 Å². The Balaban J connectivity index is 1.59. The number of aromatic amines is 1. The number of nitrogens with two attached hydrogens (primary N) is 1. The van der Waals surface area contributed by atoms with E-state index in [4.69, 9.17) is 10.5 Å². The molecule has 1 aliphatic heterocycles. The average molecular weight is 415 g/mol. The number of nitrogens with one attached hydrogen (secondary N) is 1. The van der Waals surface area contributed by atoms with Crippen molar-refractivity contribution in [1.29, 1.82) is 0 Å². The number of likely N-dealkylation sites (N-methyl/N-ethyl adjacent to an activating group) is 1. The van der Waals surface area contributed by atoms with Crippen molar-refractivity contribution in [3.63, 3.8) is 0 Å². The SMILES string of the molecule is CN(CCN1CCOCC1)c1n[nH]c2nc(C(=CN)c3cc(F)ccn3)c(F)cc12. The van der Waals surface area contributed by atoms with Gasteiger partial charge in [0.1, 0.15) is 11.5 Å². The molecule has 0 atom stereocenters. The maximum absolute atomic E-state index is 15.0. The van der Waals surface area contributed by atoms with Crippen LogP contribution in [-0.2, 0) is 4.74 Å². The molecule has 0 unspecified atom stereocenters. The molecule has 158 valence electrons. The lowest BCUT2D eigenvalue weighted by Crippen LogP contribution is -2.40. The molecule has 1 aliphatic rings. The van der Waals surface area contributed by atoms with Gasteiger partial charge >= 0.3 is 0 Å². The Morgan fingerprint density at radius 3 is 2.87 bits per heavy atom. The molecule has 1 fully saturated rings. The fourth-order valence-corrected chi connectivity index (χ4v) is 3.45. The minimum absolute atomic E-state index is 0.0192. The highest BCUT2D eigenvalue weighted by Gasteiger charge is 2.20. The van der Waals surface area contributed by atoms with Gasteiger partial charge in [-0.3, -0.25) is 15.0 Å². The summed E-state index contributed by atoms with van der Waals surface area (Å²) in [5, 5.41) is 7.73. The maximum atomic E-state index is 15.0. The zero-order chi connectivity index (χ0) is 21.1. The number of fused-ring (bicyclic) bond motifs is 1. The molecule has 3 aromatic heterocycles. The van der Waals surface area contributed by atoms with Gasteiger partial charge in [0.2, 0.25) is 0 Å². The van der Waals surface area contributed by atoms with Crippen LogP contribution in [0.25, 0.3) is 16.6 Å². The van der Waals surface area contributed by atoms with Crippen molar-refractivity contribution in [1.82, 2.24) is 25.1 Å². The zero-order valence-electron chi connectivity index (χ0n) is 16.6. The van der Waals surface area contributed by atoms with E-state index in [1.807, 2.05) is 11.9 Å². The Bertz CT molecular complexity index is 1060. The molecule has 0 bridgehead atoms. The third kappa shape index (κ3) is 4.10. The standard InChI is InChI=1S/C20H23F2N7O/c1-28(4-5-29-6-8-30-9-7-29)20-14-11-16(22)18(25-19(14)26-27-20)15(12-23)17-10-13(21)2-3-24-17/h2-3,10-12H,4-9,23H2,1H3,(H,25,26,27). The van der Waals surface area contributed by atoms with Gasteiger partial charge in [-0.1, -0.05) is 0 Å². The number of hydrogen-bond acceptors (Lipinski definition) is 7. The Morgan fingerprint density at radius 1 is 1.33 bits per heavy atom. The molecular formula is C20H23F2N7O. The van der Waals surface area contributed by atoms with Crippen molar-refractivity contribution in [2.75, 3.05) is 51.3 Å². The first-order chi connectivity index (χ1) is 14.6. The molecule has 30 heavy (non-hydrogen) atoms. The average Bonchev–Trinajstić information content (AvgIpc) is 3.16.